The Bertz CT molecular complexity index is 2010. The predicted molar refractivity (Wildman–Crippen MR) is 181 cm³/mol. The Kier molecular flexibility index (Phi) is 9.81. The van der Waals surface area contributed by atoms with Gasteiger partial charge in [0.15, 0.2) is 23.9 Å². The summed E-state index contributed by atoms with van der Waals surface area (Å²) in [7, 11) is 3.11. The number of anilines is 1. The smallest absolute Gasteiger partial charge is 0.282 e. The van der Waals surface area contributed by atoms with E-state index in [1.165, 1.54) is 42.3 Å². The topological polar surface area (TPSA) is 104 Å². The maximum Gasteiger partial charge on any atom is 0.282 e. The zero-order valence-electron chi connectivity index (χ0n) is 25.9. The van der Waals surface area contributed by atoms with Crippen LogP contribution in [0.3, 0.4) is 0 Å². The number of benzene rings is 4. The number of aromatic nitrogens is 2. The summed E-state index contributed by atoms with van der Waals surface area (Å²) in [5, 5.41) is 7.69. The first kappa shape index (κ1) is 32.4. The maximum atomic E-state index is 13.8. The number of carbonyl (C=O) groups excluding carboxylic acids is 1. The molecular formula is C35H32BrFN4O5. The van der Waals surface area contributed by atoms with Crippen LogP contribution in [0.5, 0.6) is 17.2 Å². The number of halogens is 2. The van der Waals surface area contributed by atoms with Crippen molar-refractivity contribution in [2.45, 2.75) is 26.7 Å². The van der Waals surface area contributed by atoms with Gasteiger partial charge in [-0.15, -0.1) is 0 Å². The molecule has 0 aliphatic rings. The molecule has 46 heavy (non-hydrogen) atoms. The minimum atomic E-state index is -0.434. The Morgan fingerprint density at radius 2 is 1.76 bits per heavy atom. The van der Waals surface area contributed by atoms with E-state index in [1.807, 2.05) is 25.1 Å². The van der Waals surface area contributed by atoms with Crippen molar-refractivity contribution in [1.29, 1.82) is 0 Å². The van der Waals surface area contributed by atoms with Gasteiger partial charge >= 0.3 is 0 Å². The lowest BCUT2D eigenvalue weighted by molar-refractivity contribution is -0.118. The van der Waals surface area contributed by atoms with Gasteiger partial charge in [0.2, 0.25) is 0 Å². The number of aryl methyl sites for hydroxylation is 1. The predicted octanol–water partition coefficient (Wildman–Crippen LogP) is 7.31. The molecule has 0 bridgehead atoms. The zero-order valence-corrected chi connectivity index (χ0v) is 27.5. The molecule has 0 fully saturated rings. The molecule has 9 nitrogen and oxygen atoms in total. The zero-order chi connectivity index (χ0) is 33.0. The average molecular weight is 688 g/mol. The third-order valence-electron chi connectivity index (χ3n) is 7.24. The van der Waals surface area contributed by atoms with Crippen LogP contribution in [0.15, 0.2) is 87.2 Å². The first-order chi connectivity index (χ1) is 22.1. The van der Waals surface area contributed by atoms with E-state index in [9.17, 15) is 14.0 Å². The summed E-state index contributed by atoms with van der Waals surface area (Å²) in [5.41, 5.74) is 3.88. The lowest BCUT2D eigenvalue weighted by Crippen LogP contribution is -2.21. The summed E-state index contributed by atoms with van der Waals surface area (Å²) in [6.45, 7) is 5.78. The molecule has 1 amide bonds. The first-order valence-electron chi connectivity index (χ1n) is 14.4. The molecule has 0 saturated heterocycles. The Hall–Kier alpha value is -5.03. The van der Waals surface area contributed by atoms with Crippen LogP contribution in [0.2, 0.25) is 0 Å². The van der Waals surface area contributed by atoms with Crippen LogP contribution >= 0.6 is 15.9 Å². The Labute approximate surface area is 273 Å². The van der Waals surface area contributed by atoms with Crippen molar-refractivity contribution in [1.82, 2.24) is 9.66 Å². The lowest BCUT2D eigenvalue weighted by Gasteiger charge is -2.17. The minimum absolute atomic E-state index is 0.165. The van der Waals surface area contributed by atoms with Crippen LogP contribution < -0.4 is 25.1 Å². The fourth-order valence-corrected chi connectivity index (χ4v) is 5.49. The molecule has 1 N–H and O–H groups in total. The highest BCUT2D eigenvalue weighted by molar-refractivity contribution is 9.10. The van der Waals surface area contributed by atoms with Crippen molar-refractivity contribution in [2.24, 2.45) is 5.10 Å². The van der Waals surface area contributed by atoms with Gasteiger partial charge in [-0.25, -0.2) is 9.37 Å². The lowest BCUT2D eigenvalue weighted by atomic mass is 9.96. The normalized spacial score (nSPS) is 11.3. The van der Waals surface area contributed by atoms with Crippen molar-refractivity contribution in [3.8, 4) is 28.6 Å². The van der Waals surface area contributed by atoms with E-state index >= 15 is 0 Å². The van der Waals surface area contributed by atoms with Crippen LogP contribution in [-0.4, -0.2) is 42.6 Å². The van der Waals surface area contributed by atoms with Gasteiger partial charge < -0.3 is 19.5 Å². The van der Waals surface area contributed by atoms with E-state index in [0.717, 1.165) is 22.4 Å². The Morgan fingerprint density at radius 1 is 1.04 bits per heavy atom. The van der Waals surface area contributed by atoms with Gasteiger partial charge in [0.25, 0.3) is 11.5 Å². The van der Waals surface area contributed by atoms with Crippen LogP contribution in [0, 0.1) is 12.7 Å². The van der Waals surface area contributed by atoms with E-state index in [1.54, 1.807) is 37.4 Å². The standard InChI is InChI=1S/C35H32BrFN4O5/c1-20(2)26-17-27(21(3)14-30(26)44-4)34-40-29-9-7-6-8-25(29)35(43)41(34)38-18-22-15-28(36)33(31(16-22)45-5)46-19-32(42)39-24-12-10-23(37)11-13-24/h6-18,20H,19H2,1-5H3,(H,39,42). The van der Waals surface area contributed by atoms with E-state index in [2.05, 4.69) is 40.2 Å². The SMILES string of the molecule is COc1cc(C)c(-c2nc3ccccc3c(=O)n2N=Cc2cc(Br)c(OCC(=O)Nc3ccc(F)cc3)c(OC)c2)cc1C(C)C. The van der Waals surface area contributed by atoms with Crippen molar-refractivity contribution in [2.75, 3.05) is 26.1 Å². The molecule has 5 aromatic rings. The largest absolute Gasteiger partial charge is 0.496 e. The summed E-state index contributed by atoms with van der Waals surface area (Å²) in [6.07, 6.45) is 1.53. The highest BCUT2D eigenvalue weighted by atomic mass is 79.9. The van der Waals surface area contributed by atoms with E-state index in [-0.39, 0.29) is 18.1 Å². The molecule has 0 saturated carbocycles. The summed E-state index contributed by atoms with van der Waals surface area (Å²) < 4.78 is 31.9. The number of carbonyl (C=O) groups is 1. The second-order valence-corrected chi connectivity index (χ2v) is 11.6. The number of hydrogen-bond acceptors (Lipinski definition) is 7. The minimum Gasteiger partial charge on any atom is -0.496 e. The molecule has 0 aliphatic carbocycles. The number of rotatable bonds is 10. The monoisotopic (exact) mass is 686 g/mol. The molecule has 1 heterocycles. The molecule has 1 aromatic heterocycles. The van der Waals surface area contributed by atoms with E-state index in [4.69, 9.17) is 19.2 Å². The highest BCUT2D eigenvalue weighted by Crippen LogP contribution is 2.37. The first-order valence-corrected chi connectivity index (χ1v) is 15.2. The number of nitrogens with one attached hydrogen (secondary N) is 1. The number of methoxy groups -OCH3 is 2. The fourth-order valence-electron chi connectivity index (χ4n) is 4.92. The third kappa shape index (κ3) is 6.94. The molecule has 0 radical (unpaired) electrons. The molecule has 5 rings (SSSR count). The molecule has 0 aliphatic heterocycles. The van der Waals surface area contributed by atoms with Crippen molar-refractivity contribution < 1.29 is 23.4 Å². The van der Waals surface area contributed by atoms with Gasteiger partial charge in [0.1, 0.15) is 11.6 Å². The van der Waals surface area contributed by atoms with Gasteiger partial charge in [0, 0.05) is 11.3 Å². The maximum absolute atomic E-state index is 13.8. The number of hydrogen-bond donors (Lipinski definition) is 1. The number of ether oxygens (including phenoxy) is 3. The second kappa shape index (κ2) is 13.9. The quantitative estimate of drug-likeness (QED) is 0.155. The van der Waals surface area contributed by atoms with E-state index in [0.29, 0.717) is 43.9 Å². The van der Waals surface area contributed by atoms with Gasteiger partial charge in [-0.1, -0.05) is 26.0 Å². The van der Waals surface area contributed by atoms with Gasteiger partial charge in [0.05, 0.1) is 35.8 Å². The average Bonchev–Trinajstić information content (AvgIpc) is 3.04. The van der Waals surface area contributed by atoms with Gasteiger partial charge in [-0.05, 0) is 106 Å². The van der Waals surface area contributed by atoms with Crippen LogP contribution in [0.4, 0.5) is 10.1 Å². The van der Waals surface area contributed by atoms with Crippen molar-refractivity contribution in [3.63, 3.8) is 0 Å². The number of amides is 1. The summed E-state index contributed by atoms with van der Waals surface area (Å²) in [6, 6.07) is 19.9. The molecule has 0 atom stereocenters. The van der Waals surface area contributed by atoms with Gasteiger partial charge in [-0.3, -0.25) is 9.59 Å². The molecule has 236 valence electrons. The van der Waals surface area contributed by atoms with Crippen molar-refractivity contribution >= 4 is 44.6 Å². The highest BCUT2D eigenvalue weighted by Gasteiger charge is 2.19. The van der Waals surface area contributed by atoms with Gasteiger partial charge in [-0.2, -0.15) is 9.78 Å². The third-order valence-corrected chi connectivity index (χ3v) is 7.83. The molecular weight excluding hydrogens is 655 g/mol. The molecule has 0 unspecified atom stereocenters. The van der Waals surface area contributed by atoms with Crippen LogP contribution in [0.1, 0.15) is 36.5 Å². The number of para-hydroxylation sites is 1. The van der Waals surface area contributed by atoms with Crippen molar-refractivity contribution in [3.05, 3.63) is 110 Å². The van der Waals surface area contributed by atoms with Crippen LogP contribution in [0.25, 0.3) is 22.3 Å². The van der Waals surface area contributed by atoms with E-state index < -0.39 is 11.7 Å². The van der Waals surface area contributed by atoms with Crippen LogP contribution in [-0.2, 0) is 4.79 Å². The fraction of sp³-hybridized carbons (Fsp3) is 0.200. The summed E-state index contributed by atoms with van der Waals surface area (Å²) >= 11 is 3.50. The molecule has 11 heteroatoms. The Balaban J connectivity index is 1.50. The summed E-state index contributed by atoms with van der Waals surface area (Å²) in [5.74, 6) is 1.12. The number of nitrogens with zero attached hydrogens (tertiary/aromatic N) is 3. The number of fused-ring (bicyclic) bond motifs is 1. The summed E-state index contributed by atoms with van der Waals surface area (Å²) in [4.78, 5) is 31.1. The molecule has 4 aromatic carbocycles. The second-order valence-electron chi connectivity index (χ2n) is 10.8. The molecule has 0 spiro atoms. The Morgan fingerprint density at radius 3 is 2.46 bits per heavy atom.